The molecule has 6 nitrogen and oxygen atoms in total. The molecule has 0 bridgehead atoms. The fourth-order valence-electron chi connectivity index (χ4n) is 2.15. The minimum absolute atomic E-state index is 0.0567. The number of nitrogens with zero attached hydrogens (tertiary/aromatic N) is 2. The Labute approximate surface area is 106 Å². The Morgan fingerprint density at radius 1 is 1.61 bits per heavy atom. The SMILES string of the molecule is CC1CS(=O)(=O)CCN1c1ncccc1C(=N)N. The highest BCUT2D eigenvalue weighted by atomic mass is 32.2. The topological polar surface area (TPSA) is 100 Å². The van der Waals surface area contributed by atoms with Crippen LogP contribution in [0.4, 0.5) is 5.82 Å². The van der Waals surface area contributed by atoms with Crippen LogP contribution in [0.2, 0.25) is 0 Å². The van der Waals surface area contributed by atoms with Crippen molar-refractivity contribution in [3.05, 3.63) is 23.9 Å². The fraction of sp³-hybridized carbons (Fsp3) is 0.455. The van der Waals surface area contributed by atoms with Crippen molar-refractivity contribution in [3.8, 4) is 0 Å². The fourth-order valence-corrected chi connectivity index (χ4v) is 3.71. The molecule has 0 radical (unpaired) electrons. The third kappa shape index (κ3) is 2.45. The maximum Gasteiger partial charge on any atom is 0.154 e. The summed E-state index contributed by atoms with van der Waals surface area (Å²) in [6.07, 6.45) is 1.62. The molecular weight excluding hydrogens is 252 g/mol. The lowest BCUT2D eigenvalue weighted by molar-refractivity contribution is 0.567. The maximum absolute atomic E-state index is 11.5. The van der Waals surface area contributed by atoms with Gasteiger partial charge in [0.2, 0.25) is 0 Å². The zero-order chi connectivity index (χ0) is 13.3. The first-order valence-corrected chi connectivity index (χ1v) is 7.49. The third-order valence-electron chi connectivity index (χ3n) is 3.02. The lowest BCUT2D eigenvalue weighted by atomic mass is 10.2. The molecule has 0 saturated carbocycles. The van der Waals surface area contributed by atoms with Gasteiger partial charge in [-0.1, -0.05) is 0 Å². The van der Waals surface area contributed by atoms with Gasteiger partial charge in [0.05, 0.1) is 17.1 Å². The van der Waals surface area contributed by atoms with Gasteiger partial charge in [-0.2, -0.15) is 0 Å². The van der Waals surface area contributed by atoms with E-state index in [1.54, 1.807) is 18.3 Å². The molecule has 1 aliphatic heterocycles. The predicted octanol–water partition coefficient (Wildman–Crippen LogP) is -0.0110. The number of amidine groups is 1. The van der Waals surface area contributed by atoms with Crippen LogP contribution in [0.1, 0.15) is 12.5 Å². The molecule has 1 atom stereocenters. The van der Waals surface area contributed by atoms with Gasteiger partial charge in [0.25, 0.3) is 0 Å². The van der Waals surface area contributed by atoms with Crippen molar-refractivity contribution in [2.24, 2.45) is 5.73 Å². The van der Waals surface area contributed by atoms with E-state index < -0.39 is 9.84 Å². The summed E-state index contributed by atoms with van der Waals surface area (Å²) in [5, 5.41) is 7.53. The maximum atomic E-state index is 11.5. The minimum Gasteiger partial charge on any atom is -0.384 e. The molecule has 0 aromatic carbocycles. The first-order chi connectivity index (χ1) is 8.41. The molecule has 1 fully saturated rings. The molecule has 1 aromatic heterocycles. The summed E-state index contributed by atoms with van der Waals surface area (Å²) in [6.45, 7) is 2.23. The minimum atomic E-state index is -2.96. The number of anilines is 1. The van der Waals surface area contributed by atoms with Gasteiger partial charge < -0.3 is 10.6 Å². The zero-order valence-corrected chi connectivity index (χ0v) is 10.9. The van der Waals surface area contributed by atoms with Crippen molar-refractivity contribution in [2.45, 2.75) is 13.0 Å². The lowest BCUT2D eigenvalue weighted by Crippen LogP contribution is -2.48. The first kappa shape index (κ1) is 12.8. The highest BCUT2D eigenvalue weighted by Crippen LogP contribution is 2.22. The number of pyridine rings is 1. The number of nitrogens with one attached hydrogen (secondary N) is 1. The van der Waals surface area contributed by atoms with Crippen molar-refractivity contribution in [2.75, 3.05) is 23.0 Å². The molecule has 1 aliphatic rings. The summed E-state index contributed by atoms with van der Waals surface area (Å²) in [6, 6.07) is 3.28. The van der Waals surface area contributed by atoms with Crippen molar-refractivity contribution in [1.82, 2.24) is 4.98 Å². The van der Waals surface area contributed by atoms with E-state index in [0.29, 0.717) is 17.9 Å². The summed E-state index contributed by atoms with van der Waals surface area (Å²) in [4.78, 5) is 6.13. The van der Waals surface area contributed by atoms with Crippen molar-refractivity contribution in [3.63, 3.8) is 0 Å². The number of hydrogen-bond donors (Lipinski definition) is 2. The van der Waals surface area contributed by atoms with Crippen LogP contribution in [0, 0.1) is 5.41 Å². The van der Waals surface area contributed by atoms with Gasteiger partial charge >= 0.3 is 0 Å². The van der Waals surface area contributed by atoms with Gasteiger partial charge in [-0.3, -0.25) is 5.41 Å². The molecule has 2 heterocycles. The second kappa shape index (κ2) is 4.56. The summed E-state index contributed by atoms with van der Waals surface area (Å²) in [5.74, 6) is 0.762. The average Bonchev–Trinajstić information content (AvgIpc) is 2.28. The normalized spacial score (nSPS) is 22.7. The number of rotatable bonds is 2. The molecule has 0 aliphatic carbocycles. The predicted molar refractivity (Wildman–Crippen MR) is 70.7 cm³/mol. The van der Waals surface area contributed by atoms with Crippen LogP contribution >= 0.6 is 0 Å². The number of hydrogen-bond acceptors (Lipinski definition) is 5. The van der Waals surface area contributed by atoms with E-state index >= 15 is 0 Å². The molecule has 0 amide bonds. The standard InChI is InChI=1S/C11H16N4O2S/c1-8-7-18(16,17)6-5-15(8)11-9(10(12)13)3-2-4-14-11/h2-4,8H,5-7H2,1H3,(H3,12,13). The van der Waals surface area contributed by atoms with Gasteiger partial charge in [-0.15, -0.1) is 0 Å². The first-order valence-electron chi connectivity index (χ1n) is 5.67. The Hall–Kier alpha value is -1.63. The summed E-state index contributed by atoms with van der Waals surface area (Å²) in [5.41, 5.74) is 6.06. The Morgan fingerprint density at radius 2 is 2.33 bits per heavy atom. The largest absolute Gasteiger partial charge is 0.384 e. The molecule has 18 heavy (non-hydrogen) atoms. The van der Waals surface area contributed by atoms with E-state index in [9.17, 15) is 8.42 Å². The van der Waals surface area contributed by atoms with Crippen molar-refractivity contribution in [1.29, 1.82) is 5.41 Å². The summed E-state index contributed by atoms with van der Waals surface area (Å²) in [7, 11) is -2.96. The van der Waals surface area contributed by atoms with Crippen molar-refractivity contribution >= 4 is 21.5 Å². The van der Waals surface area contributed by atoms with Crippen LogP contribution in [0.25, 0.3) is 0 Å². The van der Waals surface area contributed by atoms with Gasteiger partial charge in [0.15, 0.2) is 9.84 Å². The van der Waals surface area contributed by atoms with E-state index in [1.807, 2.05) is 11.8 Å². The molecule has 2 rings (SSSR count). The highest BCUT2D eigenvalue weighted by molar-refractivity contribution is 7.91. The van der Waals surface area contributed by atoms with E-state index in [4.69, 9.17) is 11.1 Å². The van der Waals surface area contributed by atoms with E-state index in [0.717, 1.165) is 0 Å². The van der Waals surface area contributed by atoms with E-state index in [2.05, 4.69) is 4.98 Å². The van der Waals surface area contributed by atoms with Gasteiger partial charge in [-0.05, 0) is 19.1 Å². The molecule has 0 spiro atoms. The number of sulfone groups is 1. The van der Waals surface area contributed by atoms with Crippen LogP contribution in [-0.2, 0) is 9.84 Å². The van der Waals surface area contributed by atoms with Gasteiger partial charge in [0, 0.05) is 18.8 Å². The Morgan fingerprint density at radius 3 is 2.94 bits per heavy atom. The van der Waals surface area contributed by atoms with Crippen molar-refractivity contribution < 1.29 is 8.42 Å². The second-order valence-electron chi connectivity index (χ2n) is 4.45. The number of nitrogens with two attached hydrogens (primary N) is 1. The summed E-state index contributed by atoms with van der Waals surface area (Å²) >= 11 is 0. The number of aromatic nitrogens is 1. The molecule has 7 heteroatoms. The Kier molecular flexibility index (Phi) is 3.25. The van der Waals surface area contributed by atoms with Crippen LogP contribution in [-0.4, -0.2) is 43.3 Å². The molecule has 1 unspecified atom stereocenters. The van der Waals surface area contributed by atoms with Gasteiger partial charge in [0.1, 0.15) is 11.7 Å². The average molecular weight is 268 g/mol. The van der Waals surface area contributed by atoms with Crippen LogP contribution in [0.5, 0.6) is 0 Å². The van der Waals surface area contributed by atoms with Crippen LogP contribution in [0.3, 0.4) is 0 Å². The molecule has 1 saturated heterocycles. The third-order valence-corrected chi connectivity index (χ3v) is 4.81. The molecular formula is C11H16N4O2S. The van der Waals surface area contributed by atoms with Gasteiger partial charge in [-0.25, -0.2) is 13.4 Å². The zero-order valence-electron chi connectivity index (χ0n) is 10.1. The smallest absolute Gasteiger partial charge is 0.154 e. The molecule has 3 N–H and O–H groups in total. The van der Waals surface area contributed by atoms with E-state index in [1.165, 1.54) is 0 Å². The molecule has 98 valence electrons. The second-order valence-corrected chi connectivity index (χ2v) is 6.67. The lowest BCUT2D eigenvalue weighted by Gasteiger charge is -2.35. The highest BCUT2D eigenvalue weighted by Gasteiger charge is 2.30. The Bertz CT molecular complexity index is 570. The monoisotopic (exact) mass is 268 g/mol. The summed E-state index contributed by atoms with van der Waals surface area (Å²) < 4.78 is 23.1. The quantitative estimate of drug-likeness (QED) is 0.580. The molecule has 1 aromatic rings. The van der Waals surface area contributed by atoms with Crippen LogP contribution in [0.15, 0.2) is 18.3 Å². The van der Waals surface area contributed by atoms with Crippen LogP contribution < -0.4 is 10.6 Å². The van der Waals surface area contributed by atoms with E-state index in [-0.39, 0.29) is 23.4 Å². The Balaban J connectivity index is 2.36. The number of nitrogen functional groups attached to an aromatic ring is 1.